The largest absolute Gasteiger partial charge is 0.493 e. The van der Waals surface area contributed by atoms with Crippen molar-refractivity contribution in [3.63, 3.8) is 0 Å². The van der Waals surface area contributed by atoms with Crippen molar-refractivity contribution in [1.82, 2.24) is 5.32 Å². The molecule has 0 radical (unpaired) electrons. The molecule has 5 rings (SSSR count). The highest BCUT2D eigenvalue weighted by molar-refractivity contribution is 7.85. The highest BCUT2D eigenvalue weighted by atomic mass is 32.2. The van der Waals surface area contributed by atoms with Crippen LogP contribution in [0.3, 0.4) is 0 Å². The van der Waals surface area contributed by atoms with Gasteiger partial charge in [0.15, 0.2) is 0 Å². The van der Waals surface area contributed by atoms with Crippen LogP contribution in [0.25, 0.3) is 22.3 Å². The SMILES string of the molecule is CC(C)(C)COc1ccc(C(Cc2ccc(C(=O)NCCS(=O)(=O)O)cc2)C(=O)Nc2ccc(-c3cc4ccccc4o3)cc2)cc1. The standard InChI is InChI=1S/C37H38N2O7S/c1-37(2,3)24-45-31-18-14-26(15-19-31)32(22-25-8-10-28(11-9-25)35(40)38-20-21-47(42,43)44)36(41)39-30-16-12-27(13-17-30)34-23-29-6-4-5-7-33(29)46-34/h4-19,23,32H,20-22,24H2,1-3H3,(H,38,40)(H,39,41)(H,42,43,44). The zero-order valence-electron chi connectivity index (χ0n) is 26.5. The lowest BCUT2D eigenvalue weighted by Crippen LogP contribution is -2.28. The number of anilines is 1. The summed E-state index contributed by atoms with van der Waals surface area (Å²) in [5.74, 6) is -0.338. The first kappa shape index (κ1) is 33.4. The lowest BCUT2D eigenvalue weighted by Gasteiger charge is -2.20. The summed E-state index contributed by atoms with van der Waals surface area (Å²) in [4.78, 5) is 26.2. The minimum atomic E-state index is -4.18. The van der Waals surface area contributed by atoms with Gasteiger partial charge in [0, 0.05) is 28.7 Å². The monoisotopic (exact) mass is 654 g/mol. The van der Waals surface area contributed by atoms with E-state index in [4.69, 9.17) is 13.7 Å². The molecule has 1 aromatic heterocycles. The Labute approximate surface area is 274 Å². The van der Waals surface area contributed by atoms with Gasteiger partial charge in [0.1, 0.15) is 17.1 Å². The first-order chi connectivity index (χ1) is 22.3. The molecular weight excluding hydrogens is 616 g/mol. The van der Waals surface area contributed by atoms with E-state index < -0.39 is 27.7 Å². The van der Waals surface area contributed by atoms with Crippen LogP contribution in [0.15, 0.2) is 108 Å². The Morgan fingerprint density at radius 3 is 2.21 bits per heavy atom. The normalized spacial score (nSPS) is 12.4. The molecule has 10 heteroatoms. The minimum absolute atomic E-state index is 0.000646. The van der Waals surface area contributed by atoms with Crippen LogP contribution in [-0.2, 0) is 21.3 Å². The van der Waals surface area contributed by atoms with Gasteiger partial charge in [-0.2, -0.15) is 8.42 Å². The molecular formula is C37H38N2O7S. The van der Waals surface area contributed by atoms with Crippen molar-refractivity contribution in [3.05, 3.63) is 120 Å². The molecule has 1 heterocycles. The van der Waals surface area contributed by atoms with Gasteiger partial charge in [-0.15, -0.1) is 0 Å². The molecule has 0 fully saturated rings. The maximum atomic E-state index is 13.8. The average molecular weight is 655 g/mol. The zero-order chi connectivity index (χ0) is 33.6. The van der Waals surface area contributed by atoms with Crippen LogP contribution >= 0.6 is 0 Å². The number of amides is 2. The average Bonchev–Trinajstić information content (AvgIpc) is 3.47. The summed E-state index contributed by atoms with van der Waals surface area (Å²) in [5.41, 5.74) is 4.30. The number of ether oxygens (including phenoxy) is 1. The van der Waals surface area contributed by atoms with Crippen molar-refractivity contribution in [3.8, 4) is 17.1 Å². The molecule has 0 saturated carbocycles. The van der Waals surface area contributed by atoms with E-state index in [1.54, 1.807) is 24.3 Å². The summed E-state index contributed by atoms with van der Waals surface area (Å²) < 4.78 is 42.7. The maximum absolute atomic E-state index is 13.8. The Morgan fingerprint density at radius 2 is 1.57 bits per heavy atom. The zero-order valence-corrected chi connectivity index (χ0v) is 27.3. The number of carbonyl (C=O) groups is 2. The van der Waals surface area contributed by atoms with Gasteiger partial charge in [0.2, 0.25) is 5.91 Å². The number of carbonyl (C=O) groups excluding carboxylic acids is 2. The molecule has 0 aliphatic heterocycles. The Bertz CT molecular complexity index is 1910. The quantitative estimate of drug-likeness (QED) is 0.122. The summed E-state index contributed by atoms with van der Waals surface area (Å²) in [5, 5.41) is 6.55. The van der Waals surface area contributed by atoms with Crippen molar-refractivity contribution >= 4 is 38.6 Å². The molecule has 3 N–H and O–H groups in total. The number of furan rings is 1. The number of hydrogen-bond donors (Lipinski definition) is 3. The van der Waals surface area contributed by atoms with Gasteiger partial charge in [-0.25, -0.2) is 0 Å². The molecule has 1 unspecified atom stereocenters. The fraction of sp³-hybridized carbons (Fsp3) is 0.243. The predicted molar refractivity (Wildman–Crippen MR) is 183 cm³/mol. The molecule has 0 saturated heterocycles. The van der Waals surface area contributed by atoms with E-state index in [2.05, 4.69) is 31.4 Å². The Morgan fingerprint density at radius 1 is 0.894 bits per heavy atom. The minimum Gasteiger partial charge on any atom is -0.493 e. The number of benzene rings is 4. The van der Waals surface area contributed by atoms with Gasteiger partial charge in [0.05, 0.1) is 18.3 Å². The number of para-hydroxylation sites is 1. The van der Waals surface area contributed by atoms with Crippen molar-refractivity contribution < 1.29 is 31.7 Å². The number of hydrogen-bond acceptors (Lipinski definition) is 6. The van der Waals surface area contributed by atoms with Crippen LogP contribution in [-0.4, -0.2) is 43.7 Å². The molecule has 0 aliphatic rings. The molecule has 47 heavy (non-hydrogen) atoms. The number of nitrogens with one attached hydrogen (secondary N) is 2. The van der Waals surface area contributed by atoms with Gasteiger partial charge in [0.25, 0.3) is 16.0 Å². The van der Waals surface area contributed by atoms with E-state index in [1.807, 2.05) is 78.9 Å². The Balaban J connectivity index is 1.32. The highest BCUT2D eigenvalue weighted by Crippen LogP contribution is 2.30. The van der Waals surface area contributed by atoms with Crippen molar-refractivity contribution in [2.24, 2.45) is 5.41 Å². The van der Waals surface area contributed by atoms with Crippen LogP contribution in [0, 0.1) is 5.41 Å². The Hall–Kier alpha value is -4.93. The lowest BCUT2D eigenvalue weighted by molar-refractivity contribution is -0.117. The highest BCUT2D eigenvalue weighted by Gasteiger charge is 2.23. The number of fused-ring (bicyclic) bond motifs is 1. The van der Waals surface area contributed by atoms with Crippen LogP contribution in [0.5, 0.6) is 5.75 Å². The lowest BCUT2D eigenvalue weighted by atomic mass is 9.90. The fourth-order valence-electron chi connectivity index (χ4n) is 4.95. The van der Waals surface area contributed by atoms with Crippen molar-refractivity contribution in [1.29, 1.82) is 0 Å². The Kier molecular flexibility index (Phi) is 10.1. The van der Waals surface area contributed by atoms with Crippen LogP contribution in [0.2, 0.25) is 0 Å². The van der Waals surface area contributed by atoms with E-state index in [0.717, 1.165) is 33.4 Å². The molecule has 5 aromatic rings. The molecule has 4 aromatic carbocycles. The van der Waals surface area contributed by atoms with Gasteiger partial charge in [-0.3, -0.25) is 14.1 Å². The molecule has 0 bridgehead atoms. The summed E-state index contributed by atoms with van der Waals surface area (Å²) in [6, 6.07) is 31.6. The third-order valence-electron chi connectivity index (χ3n) is 7.43. The van der Waals surface area contributed by atoms with E-state index in [1.165, 1.54) is 0 Å². The fourth-order valence-corrected chi connectivity index (χ4v) is 5.31. The summed E-state index contributed by atoms with van der Waals surface area (Å²) in [7, 11) is -4.18. The van der Waals surface area contributed by atoms with E-state index in [-0.39, 0.29) is 17.9 Å². The second kappa shape index (κ2) is 14.2. The first-order valence-electron chi connectivity index (χ1n) is 15.3. The van der Waals surface area contributed by atoms with Gasteiger partial charge < -0.3 is 19.8 Å². The summed E-state index contributed by atoms with van der Waals surface area (Å²) >= 11 is 0. The van der Waals surface area contributed by atoms with Gasteiger partial charge >= 0.3 is 0 Å². The maximum Gasteiger partial charge on any atom is 0.266 e. The van der Waals surface area contributed by atoms with Crippen LogP contribution in [0.1, 0.15) is 48.2 Å². The van der Waals surface area contributed by atoms with E-state index in [9.17, 15) is 18.0 Å². The second-order valence-corrected chi connectivity index (χ2v) is 14.2. The predicted octanol–water partition coefficient (Wildman–Crippen LogP) is 7.11. The summed E-state index contributed by atoms with van der Waals surface area (Å²) in [6.45, 7) is 6.63. The van der Waals surface area contributed by atoms with E-state index >= 15 is 0 Å². The topological polar surface area (TPSA) is 135 Å². The molecule has 244 valence electrons. The third-order valence-corrected chi connectivity index (χ3v) is 8.15. The molecule has 0 spiro atoms. The molecule has 9 nitrogen and oxygen atoms in total. The van der Waals surface area contributed by atoms with Crippen LogP contribution < -0.4 is 15.4 Å². The summed E-state index contributed by atoms with van der Waals surface area (Å²) in [6.07, 6.45) is 0.357. The number of rotatable bonds is 12. The van der Waals surface area contributed by atoms with E-state index in [0.29, 0.717) is 30.0 Å². The van der Waals surface area contributed by atoms with Crippen LogP contribution in [0.4, 0.5) is 5.69 Å². The molecule has 1 atom stereocenters. The van der Waals surface area contributed by atoms with Crippen molar-refractivity contribution in [2.75, 3.05) is 24.2 Å². The second-order valence-electron chi connectivity index (χ2n) is 12.6. The van der Waals surface area contributed by atoms with Gasteiger partial charge in [-0.05, 0) is 83.6 Å². The smallest absolute Gasteiger partial charge is 0.266 e. The molecule has 2 amide bonds. The first-order valence-corrected chi connectivity index (χ1v) is 16.9. The van der Waals surface area contributed by atoms with Crippen molar-refractivity contribution in [2.45, 2.75) is 33.1 Å². The van der Waals surface area contributed by atoms with Gasteiger partial charge in [-0.1, -0.05) is 63.2 Å². The molecule has 0 aliphatic carbocycles. The third kappa shape index (κ3) is 9.54.